The normalized spacial score (nSPS) is 17.9. The average molecular weight is 275 g/mol. The Balaban J connectivity index is 1.63. The van der Waals surface area contributed by atoms with E-state index >= 15 is 0 Å². The standard InChI is InChI=1S/C15H21N3O2/c19-14-12(9-11-5-4-6-13(11)17-14)10-16-15(20)18-7-2-1-3-8-18/h9H,1-8,10H2,(H,16,20)(H,17,19). The lowest BCUT2D eigenvalue weighted by Crippen LogP contribution is -2.43. The van der Waals surface area contributed by atoms with Crippen molar-refractivity contribution in [3.8, 4) is 0 Å². The molecule has 1 saturated heterocycles. The Bertz CT molecular complexity index is 559. The smallest absolute Gasteiger partial charge is 0.317 e. The summed E-state index contributed by atoms with van der Waals surface area (Å²) in [6, 6.07) is 1.90. The molecule has 108 valence electrons. The van der Waals surface area contributed by atoms with E-state index in [2.05, 4.69) is 10.3 Å². The first-order valence-corrected chi connectivity index (χ1v) is 7.51. The fraction of sp³-hybridized carbons (Fsp3) is 0.600. The van der Waals surface area contributed by atoms with E-state index in [0.29, 0.717) is 12.1 Å². The van der Waals surface area contributed by atoms with Gasteiger partial charge in [-0.15, -0.1) is 0 Å². The number of aromatic nitrogens is 1. The highest BCUT2D eigenvalue weighted by Crippen LogP contribution is 2.18. The van der Waals surface area contributed by atoms with Crippen LogP contribution in [0, 0.1) is 0 Å². The zero-order chi connectivity index (χ0) is 13.9. The predicted molar refractivity (Wildman–Crippen MR) is 76.7 cm³/mol. The molecule has 0 saturated carbocycles. The minimum atomic E-state index is -0.0652. The number of amides is 2. The number of fused-ring (bicyclic) bond motifs is 1. The first-order valence-electron chi connectivity index (χ1n) is 7.51. The van der Waals surface area contributed by atoms with Crippen LogP contribution >= 0.6 is 0 Å². The Morgan fingerprint density at radius 3 is 2.80 bits per heavy atom. The molecule has 2 N–H and O–H groups in total. The molecule has 0 radical (unpaired) electrons. The van der Waals surface area contributed by atoms with Crippen molar-refractivity contribution in [2.75, 3.05) is 13.1 Å². The fourth-order valence-corrected chi connectivity index (χ4v) is 3.07. The SMILES string of the molecule is O=C(NCc1cc2c([nH]c1=O)CCC2)N1CCCCC1. The number of nitrogens with one attached hydrogen (secondary N) is 2. The van der Waals surface area contributed by atoms with Gasteiger partial charge in [0.25, 0.3) is 5.56 Å². The van der Waals surface area contributed by atoms with Crippen LogP contribution < -0.4 is 10.9 Å². The van der Waals surface area contributed by atoms with Crippen LogP contribution in [0.5, 0.6) is 0 Å². The molecule has 1 aromatic heterocycles. The van der Waals surface area contributed by atoms with Crippen molar-refractivity contribution in [2.24, 2.45) is 0 Å². The first-order chi connectivity index (χ1) is 9.74. The number of rotatable bonds is 2. The van der Waals surface area contributed by atoms with Gasteiger partial charge in [0.1, 0.15) is 0 Å². The number of carbonyl (C=O) groups is 1. The minimum Gasteiger partial charge on any atom is -0.334 e. The van der Waals surface area contributed by atoms with E-state index in [0.717, 1.165) is 50.9 Å². The summed E-state index contributed by atoms with van der Waals surface area (Å²) < 4.78 is 0. The number of nitrogens with zero attached hydrogens (tertiary/aromatic N) is 1. The molecule has 20 heavy (non-hydrogen) atoms. The lowest BCUT2D eigenvalue weighted by Gasteiger charge is -2.26. The Kier molecular flexibility index (Phi) is 3.76. The zero-order valence-electron chi connectivity index (χ0n) is 11.7. The molecule has 1 aliphatic carbocycles. The van der Waals surface area contributed by atoms with E-state index < -0.39 is 0 Å². The fourth-order valence-electron chi connectivity index (χ4n) is 3.07. The third kappa shape index (κ3) is 2.71. The lowest BCUT2D eigenvalue weighted by molar-refractivity contribution is 0.186. The highest BCUT2D eigenvalue weighted by molar-refractivity contribution is 5.74. The summed E-state index contributed by atoms with van der Waals surface area (Å²) in [6.07, 6.45) is 6.45. The highest BCUT2D eigenvalue weighted by atomic mass is 16.2. The number of pyridine rings is 1. The second-order valence-corrected chi connectivity index (χ2v) is 5.69. The number of aryl methyl sites for hydroxylation is 2. The molecule has 3 rings (SSSR count). The molecule has 2 amide bonds. The molecule has 5 nitrogen and oxygen atoms in total. The molecule has 0 spiro atoms. The van der Waals surface area contributed by atoms with Gasteiger partial charge in [-0.25, -0.2) is 4.79 Å². The topological polar surface area (TPSA) is 65.2 Å². The maximum atomic E-state index is 12.0. The van der Waals surface area contributed by atoms with Gasteiger partial charge in [0.15, 0.2) is 0 Å². The van der Waals surface area contributed by atoms with Gasteiger partial charge in [0.05, 0.1) is 0 Å². The summed E-state index contributed by atoms with van der Waals surface area (Å²) in [5.41, 5.74) is 2.90. The lowest BCUT2D eigenvalue weighted by atomic mass is 10.1. The van der Waals surface area contributed by atoms with E-state index in [-0.39, 0.29) is 11.6 Å². The molecular weight excluding hydrogens is 254 g/mol. The van der Waals surface area contributed by atoms with Crippen LogP contribution in [0.25, 0.3) is 0 Å². The van der Waals surface area contributed by atoms with Gasteiger partial charge in [0, 0.05) is 30.9 Å². The average Bonchev–Trinajstić information content (AvgIpc) is 2.92. The largest absolute Gasteiger partial charge is 0.334 e. The number of likely N-dealkylation sites (tertiary alicyclic amines) is 1. The Morgan fingerprint density at radius 2 is 2.00 bits per heavy atom. The molecule has 2 heterocycles. The maximum Gasteiger partial charge on any atom is 0.317 e. The zero-order valence-corrected chi connectivity index (χ0v) is 11.7. The number of H-pyrrole nitrogens is 1. The van der Waals surface area contributed by atoms with E-state index in [9.17, 15) is 9.59 Å². The summed E-state index contributed by atoms with van der Waals surface area (Å²) in [5.74, 6) is 0. The van der Waals surface area contributed by atoms with Gasteiger partial charge in [-0.3, -0.25) is 4.79 Å². The molecular formula is C15H21N3O2. The predicted octanol–water partition coefficient (Wildman–Crippen LogP) is 1.56. The van der Waals surface area contributed by atoms with Crippen LogP contribution in [0.4, 0.5) is 4.79 Å². The summed E-state index contributed by atoms with van der Waals surface area (Å²) in [5, 5.41) is 2.87. The first kappa shape index (κ1) is 13.2. The van der Waals surface area contributed by atoms with Crippen LogP contribution in [0.3, 0.4) is 0 Å². The molecule has 1 aliphatic heterocycles. The maximum absolute atomic E-state index is 12.0. The van der Waals surface area contributed by atoms with Crippen LogP contribution in [0.15, 0.2) is 10.9 Å². The molecule has 1 aromatic rings. The van der Waals surface area contributed by atoms with Crippen molar-refractivity contribution in [1.82, 2.24) is 15.2 Å². The number of carbonyl (C=O) groups excluding carboxylic acids is 1. The number of urea groups is 1. The number of piperidine rings is 1. The van der Waals surface area contributed by atoms with Gasteiger partial charge in [-0.1, -0.05) is 0 Å². The van der Waals surface area contributed by atoms with Crippen molar-refractivity contribution in [1.29, 1.82) is 0 Å². The highest BCUT2D eigenvalue weighted by Gasteiger charge is 2.17. The number of hydrogen-bond donors (Lipinski definition) is 2. The van der Waals surface area contributed by atoms with E-state index in [1.165, 1.54) is 12.0 Å². The van der Waals surface area contributed by atoms with Gasteiger partial charge in [-0.05, 0) is 50.2 Å². The van der Waals surface area contributed by atoms with Gasteiger partial charge in [0.2, 0.25) is 0 Å². The van der Waals surface area contributed by atoms with Crippen LogP contribution in [0.2, 0.25) is 0 Å². The third-order valence-corrected chi connectivity index (χ3v) is 4.24. The molecule has 0 atom stereocenters. The van der Waals surface area contributed by atoms with E-state index in [1.807, 2.05) is 11.0 Å². The van der Waals surface area contributed by atoms with Gasteiger partial charge < -0.3 is 15.2 Å². The Morgan fingerprint density at radius 1 is 1.20 bits per heavy atom. The van der Waals surface area contributed by atoms with Crippen molar-refractivity contribution >= 4 is 6.03 Å². The van der Waals surface area contributed by atoms with Crippen LogP contribution in [-0.4, -0.2) is 29.0 Å². The summed E-state index contributed by atoms with van der Waals surface area (Å²) in [4.78, 5) is 28.7. The number of aromatic amines is 1. The van der Waals surface area contributed by atoms with Crippen LogP contribution in [0.1, 0.15) is 42.5 Å². The number of hydrogen-bond acceptors (Lipinski definition) is 2. The van der Waals surface area contributed by atoms with Crippen molar-refractivity contribution in [3.05, 3.63) is 33.2 Å². The molecule has 5 heteroatoms. The molecule has 0 unspecified atom stereocenters. The second-order valence-electron chi connectivity index (χ2n) is 5.69. The van der Waals surface area contributed by atoms with E-state index in [4.69, 9.17) is 0 Å². The van der Waals surface area contributed by atoms with Gasteiger partial charge in [-0.2, -0.15) is 0 Å². The molecule has 2 aliphatic rings. The third-order valence-electron chi connectivity index (χ3n) is 4.24. The minimum absolute atomic E-state index is 0.0513. The van der Waals surface area contributed by atoms with Crippen LogP contribution in [-0.2, 0) is 19.4 Å². The van der Waals surface area contributed by atoms with Crippen molar-refractivity contribution < 1.29 is 4.79 Å². The Labute approximate surface area is 118 Å². The van der Waals surface area contributed by atoms with Crippen molar-refractivity contribution in [2.45, 2.75) is 45.1 Å². The molecule has 0 aromatic carbocycles. The van der Waals surface area contributed by atoms with E-state index in [1.54, 1.807) is 0 Å². The second kappa shape index (κ2) is 5.69. The monoisotopic (exact) mass is 275 g/mol. The summed E-state index contributed by atoms with van der Waals surface area (Å²) in [7, 11) is 0. The molecule has 1 fully saturated rings. The summed E-state index contributed by atoms with van der Waals surface area (Å²) in [6.45, 7) is 1.97. The summed E-state index contributed by atoms with van der Waals surface area (Å²) >= 11 is 0. The Hall–Kier alpha value is -1.78. The molecule has 0 bridgehead atoms. The van der Waals surface area contributed by atoms with Gasteiger partial charge >= 0.3 is 6.03 Å². The quantitative estimate of drug-likeness (QED) is 0.860. The van der Waals surface area contributed by atoms with Crippen molar-refractivity contribution in [3.63, 3.8) is 0 Å².